The molecule has 0 aromatic carbocycles. The van der Waals surface area contributed by atoms with Crippen LogP contribution in [-0.4, -0.2) is 11.9 Å². The van der Waals surface area contributed by atoms with Crippen LogP contribution >= 0.6 is 0 Å². The second-order valence-electron chi connectivity index (χ2n) is 4.56. The van der Waals surface area contributed by atoms with Crippen LogP contribution in [0.2, 0.25) is 0 Å². The first-order valence-corrected chi connectivity index (χ1v) is 5.87. The lowest BCUT2D eigenvalue weighted by Gasteiger charge is -2.15. The number of unbranched alkanes of at least 4 members (excludes halogenated alkanes) is 2. The summed E-state index contributed by atoms with van der Waals surface area (Å²) in [5.74, 6) is -0.0611. The molecule has 1 amide bonds. The molecular formula is C12H20N2O. The topological polar surface area (TPSA) is 52.9 Å². The molecule has 0 aromatic heterocycles. The van der Waals surface area contributed by atoms with Crippen molar-refractivity contribution in [3.05, 3.63) is 0 Å². The van der Waals surface area contributed by atoms with Crippen molar-refractivity contribution in [2.75, 3.05) is 0 Å². The Labute approximate surface area is 91.9 Å². The quantitative estimate of drug-likeness (QED) is 0.681. The molecule has 0 spiro atoms. The summed E-state index contributed by atoms with van der Waals surface area (Å²) in [6.07, 6.45) is 6.04. The standard InChI is InChI=1S/C12H20N2O/c1-3-4-5-6-10(2)14-11(15)12(9-13)7-8-12/h10H,3-8H2,1-2H3,(H,14,15). The molecule has 0 aromatic rings. The molecule has 1 aliphatic carbocycles. The second kappa shape index (κ2) is 5.16. The summed E-state index contributed by atoms with van der Waals surface area (Å²) in [5, 5.41) is 11.8. The van der Waals surface area contributed by atoms with Crippen molar-refractivity contribution < 1.29 is 4.79 Å². The van der Waals surface area contributed by atoms with Gasteiger partial charge in [-0.1, -0.05) is 26.2 Å². The van der Waals surface area contributed by atoms with Gasteiger partial charge in [-0.3, -0.25) is 4.79 Å². The lowest BCUT2D eigenvalue weighted by molar-refractivity contribution is -0.125. The van der Waals surface area contributed by atoms with Crippen LogP contribution in [0.3, 0.4) is 0 Å². The van der Waals surface area contributed by atoms with Crippen molar-refractivity contribution >= 4 is 5.91 Å². The summed E-state index contributed by atoms with van der Waals surface area (Å²) in [6, 6.07) is 2.32. The van der Waals surface area contributed by atoms with Crippen molar-refractivity contribution in [2.24, 2.45) is 5.41 Å². The van der Waals surface area contributed by atoms with Crippen LogP contribution < -0.4 is 5.32 Å². The maximum Gasteiger partial charge on any atom is 0.240 e. The summed E-state index contributed by atoms with van der Waals surface area (Å²) in [4.78, 5) is 11.7. The highest BCUT2D eigenvalue weighted by atomic mass is 16.2. The first-order chi connectivity index (χ1) is 7.14. The van der Waals surface area contributed by atoms with E-state index in [4.69, 9.17) is 5.26 Å². The first kappa shape index (κ1) is 12.0. The zero-order valence-electron chi connectivity index (χ0n) is 9.68. The fourth-order valence-electron chi connectivity index (χ4n) is 1.65. The summed E-state index contributed by atoms with van der Waals surface area (Å²) in [5.41, 5.74) is -0.668. The Bertz CT molecular complexity index is 263. The molecule has 3 heteroatoms. The number of carbonyl (C=O) groups is 1. The number of nitriles is 1. The summed E-state index contributed by atoms with van der Waals surface area (Å²) in [7, 11) is 0. The lowest BCUT2D eigenvalue weighted by atomic mass is 10.1. The van der Waals surface area contributed by atoms with E-state index in [2.05, 4.69) is 18.3 Å². The Morgan fingerprint density at radius 1 is 1.53 bits per heavy atom. The Morgan fingerprint density at radius 2 is 2.20 bits per heavy atom. The van der Waals surface area contributed by atoms with E-state index in [-0.39, 0.29) is 11.9 Å². The van der Waals surface area contributed by atoms with Gasteiger partial charge in [0, 0.05) is 6.04 Å². The molecule has 15 heavy (non-hydrogen) atoms. The molecule has 1 N–H and O–H groups in total. The summed E-state index contributed by atoms with van der Waals surface area (Å²) >= 11 is 0. The number of carbonyl (C=O) groups excluding carboxylic acids is 1. The third kappa shape index (κ3) is 3.23. The number of rotatable bonds is 6. The SMILES string of the molecule is CCCCCC(C)NC(=O)C1(C#N)CC1. The molecule has 1 atom stereocenters. The van der Waals surface area contributed by atoms with E-state index < -0.39 is 5.41 Å². The van der Waals surface area contributed by atoms with Gasteiger partial charge in [-0.15, -0.1) is 0 Å². The maximum absolute atomic E-state index is 11.7. The zero-order chi connectivity index (χ0) is 11.3. The van der Waals surface area contributed by atoms with Crippen molar-refractivity contribution in [1.82, 2.24) is 5.32 Å². The van der Waals surface area contributed by atoms with Crippen LogP contribution in [0, 0.1) is 16.7 Å². The van der Waals surface area contributed by atoms with Crippen LogP contribution in [0.4, 0.5) is 0 Å². The van der Waals surface area contributed by atoms with Crippen molar-refractivity contribution in [2.45, 2.75) is 58.4 Å². The van der Waals surface area contributed by atoms with Crippen molar-refractivity contribution in [3.63, 3.8) is 0 Å². The number of hydrogen-bond acceptors (Lipinski definition) is 2. The molecule has 3 nitrogen and oxygen atoms in total. The molecule has 0 radical (unpaired) electrons. The average molecular weight is 208 g/mol. The highest BCUT2D eigenvalue weighted by Gasteiger charge is 2.50. The van der Waals surface area contributed by atoms with Crippen LogP contribution in [0.5, 0.6) is 0 Å². The van der Waals surface area contributed by atoms with E-state index in [9.17, 15) is 4.79 Å². The molecule has 1 saturated carbocycles. The average Bonchev–Trinajstić information content (AvgIpc) is 2.98. The third-order valence-corrected chi connectivity index (χ3v) is 3.02. The smallest absolute Gasteiger partial charge is 0.240 e. The number of nitrogens with one attached hydrogen (secondary N) is 1. The molecule has 0 saturated heterocycles. The molecule has 1 aliphatic rings. The highest BCUT2D eigenvalue weighted by molar-refractivity contribution is 5.88. The predicted octanol–water partition coefficient (Wildman–Crippen LogP) is 2.38. The molecule has 1 rings (SSSR count). The lowest BCUT2D eigenvalue weighted by Crippen LogP contribution is -2.37. The van der Waals surface area contributed by atoms with Gasteiger partial charge >= 0.3 is 0 Å². The fourth-order valence-corrected chi connectivity index (χ4v) is 1.65. The van der Waals surface area contributed by atoms with Gasteiger partial charge in [0.05, 0.1) is 6.07 Å². The molecular weight excluding hydrogens is 188 g/mol. The van der Waals surface area contributed by atoms with Crippen molar-refractivity contribution in [1.29, 1.82) is 5.26 Å². The predicted molar refractivity (Wildman–Crippen MR) is 59.0 cm³/mol. The first-order valence-electron chi connectivity index (χ1n) is 5.87. The van der Waals surface area contributed by atoms with E-state index in [1.807, 2.05) is 6.92 Å². The second-order valence-corrected chi connectivity index (χ2v) is 4.56. The van der Waals surface area contributed by atoms with E-state index in [1.54, 1.807) is 0 Å². The Kier molecular flexibility index (Phi) is 4.14. The van der Waals surface area contributed by atoms with Gasteiger partial charge in [-0.05, 0) is 26.2 Å². The van der Waals surface area contributed by atoms with Crippen molar-refractivity contribution in [3.8, 4) is 6.07 Å². The highest BCUT2D eigenvalue weighted by Crippen LogP contribution is 2.45. The van der Waals surface area contributed by atoms with Crippen LogP contribution in [0.1, 0.15) is 52.4 Å². The van der Waals surface area contributed by atoms with Gasteiger partial charge < -0.3 is 5.32 Å². The Balaban J connectivity index is 2.23. The monoisotopic (exact) mass is 208 g/mol. The van der Waals surface area contributed by atoms with Gasteiger partial charge in [0.15, 0.2) is 0 Å². The Morgan fingerprint density at radius 3 is 2.67 bits per heavy atom. The minimum atomic E-state index is -0.668. The van der Waals surface area contributed by atoms with E-state index in [0.717, 1.165) is 25.7 Å². The number of hydrogen-bond donors (Lipinski definition) is 1. The fraction of sp³-hybridized carbons (Fsp3) is 0.833. The maximum atomic E-state index is 11.7. The molecule has 1 fully saturated rings. The van der Waals surface area contributed by atoms with Gasteiger partial charge in [0.2, 0.25) is 5.91 Å². The molecule has 0 aliphatic heterocycles. The molecule has 0 bridgehead atoms. The molecule has 0 heterocycles. The normalized spacial score (nSPS) is 19.0. The van der Waals surface area contributed by atoms with Crippen LogP contribution in [-0.2, 0) is 4.79 Å². The van der Waals surface area contributed by atoms with Gasteiger partial charge in [0.25, 0.3) is 0 Å². The van der Waals surface area contributed by atoms with E-state index in [1.165, 1.54) is 12.8 Å². The van der Waals surface area contributed by atoms with Gasteiger partial charge in [-0.25, -0.2) is 0 Å². The van der Waals surface area contributed by atoms with E-state index in [0.29, 0.717) is 0 Å². The Hall–Kier alpha value is -1.04. The molecule has 84 valence electrons. The van der Waals surface area contributed by atoms with Gasteiger partial charge in [0.1, 0.15) is 5.41 Å². The van der Waals surface area contributed by atoms with E-state index >= 15 is 0 Å². The minimum Gasteiger partial charge on any atom is -0.352 e. The summed E-state index contributed by atoms with van der Waals surface area (Å²) in [6.45, 7) is 4.18. The molecule has 1 unspecified atom stereocenters. The van der Waals surface area contributed by atoms with Crippen LogP contribution in [0.15, 0.2) is 0 Å². The summed E-state index contributed by atoms with van der Waals surface area (Å²) < 4.78 is 0. The third-order valence-electron chi connectivity index (χ3n) is 3.02. The largest absolute Gasteiger partial charge is 0.352 e. The zero-order valence-corrected chi connectivity index (χ0v) is 9.68. The van der Waals surface area contributed by atoms with Gasteiger partial charge in [-0.2, -0.15) is 5.26 Å². The number of amides is 1. The number of nitrogens with zero attached hydrogens (tertiary/aromatic N) is 1. The van der Waals surface area contributed by atoms with Crippen LogP contribution in [0.25, 0.3) is 0 Å². The minimum absolute atomic E-state index is 0.0611.